The highest BCUT2D eigenvalue weighted by Gasteiger charge is 1.97. The molecular weight excluding hydrogens is 174 g/mol. The Labute approximate surface area is 78.9 Å². The predicted molar refractivity (Wildman–Crippen MR) is 53.8 cm³/mol. The van der Waals surface area contributed by atoms with Crippen molar-refractivity contribution < 1.29 is 9.84 Å². The van der Waals surface area contributed by atoms with Crippen molar-refractivity contribution in [3.05, 3.63) is 0 Å². The van der Waals surface area contributed by atoms with Crippen molar-refractivity contribution in [2.24, 2.45) is 0 Å². The van der Waals surface area contributed by atoms with Crippen molar-refractivity contribution in [2.45, 2.75) is 13.0 Å². The van der Waals surface area contributed by atoms with Crippen LogP contribution in [0.25, 0.3) is 0 Å². The lowest BCUT2D eigenvalue weighted by Gasteiger charge is -2.11. The Morgan fingerprint density at radius 3 is 2.83 bits per heavy atom. The minimum atomic E-state index is 0.111. The fourth-order valence-electron chi connectivity index (χ4n) is 0.853. The van der Waals surface area contributed by atoms with E-state index in [1.165, 1.54) is 0 Å². The van der Waals surface area contributed by atoms with E-state index in [9.17, 15) is 0 Å². The van der Waals surface area contributed by atoms with Crippen LogP contribution in [0.3, 0.4) is 0 Å². The van der Waals surface area contributed by atoms with Gasteiger partial charge in [0.05, 0.1) is 19.8 Å². The van der Waals surface area contributed by atoms with Gasteiger partial charge in [-0.3, -0.25) is 0 Å². The third-order valence-electron chi connectivity index (χ3n) is 1.39. The number of aliphatic hydroxyl groups is 1. The van der Waals surface area contributed by atoms with E-state index < -0.39 is 0 Å². The maximum Gasteiger partial charge on any atom is 0.0698 e. The van der Waals surface area contributed by atoms with Gasteiger partial charge in [0.25, 0.3) is 0 Å². The summed E-state index contributed by atoms with van der Waals surface area (Å²) < 4.78 is 5.09. The van der Waals surface area contributed by atoms with Crippen molar-refractivity contribution >= 4 is 11.8 Å². The number of thioether (sulfide) groups is 1. The molecule has 0 saturated carbocycles. The van der Waals surface area contributed by atoms with Crippen molar-refractivity contribution in [1.29, 1.82) is 0 Å². The molecule has 0 heterocycles. The molecule has 0 radical (unpaired) electrons. The molecule has 2 N–H and O–H groups in total. The molecule has 1 unspecified atom stereocenters. The molecule has 1 atom stereocenters. The van der Waals surface area contributed by atoms with Crippen LogP contribution < -0.4 is 5.32 Å². The summed E-state index contributed by atoms with van der Waals surface area (Å²) in [6.45, 7) is 4.25. The second kappa shape index (κ2) is 9.32. The number of aliphatic hydroxyl groups excluding tert-OH is 1. The molecule has 0 bridgehead atoms. The zero-order chi connectivity index (χ0) is 9.23. The van der Waals surface area contributed by atoms with Gasteiger partial charge in [0.2, 0.25) is 0 Å². The van der Waals surface area contributed by atoms with E-state index in [-0.39, 0.29) is 6.61 Å². The van der Waals surface area contributed by atoms with E-state index in [0.717, 1.165) is 12.3 Å². The third-order valence-corrected chi connectivity index (χ3v) is 2.22. The Kier molecular flexibility index (Phi) is 9.50. The fourth-order valence-corrected chi connectivity index (χ4v) is 1.47. The van der Waals surface area contributed by atoms with Gasteiger partial charge in [-0.2, -0.15) is 11.8 Å². The molecule has 0 spiro atoms. The first kappa shape index (κ1) is 12.2. The molecule has 0 rings (SSSR count). The standard InChI is InChI=1S/C8H19NO2S/c1-8(7-12-2)9-3-5-11-6-4-10/h8-10H,3-7H2,1-2H3. The lowest BCUT2D eigenvalue weighted by atomic mass is 10.4. The van der Waals surface area contributed by atoms with Crippen LogP contribution in [0.5, 0.6) is 0 Å². The minimum Gasteiger partial charge on any atom is -0.394 e. The molecule has 12 heavy (non-hydrogen) atoms. The van der Waals surface area contributed by atoms with E-state index in [1.807, 2.05) is 11.8 Å². The van der Waals surface area contributed by atoms with E-state index >= 15 is 0 Å². The third kappa shape index (κ3) is 8.33. The van der Waals surface area contributed by atoms with Crippen LogP contribution in [0, 0.1) is 0 Å². The van der Waals surface area contributed by atoms with Crippen LogP contribution in [0.15, 0.2) is 0 Å². The van der Waals surface area contributed by atoms with Gasteiger partial charge < -0.3 is 15.2 Å². The minimum absolute atomic E-state index is 0.111. The van der Waals surface area contributed by atoms with Gasteiger partial charge >= 0.3 is 0 Å². The van der Waals surface area contributed by atoms with Gasteiger partial charge in [-0.05, 0) is 13.2 Å². The predicted octanol–water partition coefficient (Wildman–Crippen LogP) is 0.336. The topological polar surface area (TPSA) is 41.5 Å². The molecular formula is C8H19NO2S. The zero-order valence-electron chi connectivity index (χ0n) is 7.88. The number of rotatable bonds is 8. The van der Waals surface area contributed by atoms with Gasteiger partial charge in [0.15, 0.2) is 0 Å². The van der Waals surface area contributed by atoms with Crippen molar-refractivity contribution in [2.75, 3.05) is 38.4 Å². The van der Waals surface area contributed by atoms with Gasteiger partial charge in [-0.1, -0.05) is 0 Å². The monoisotopic (exact) mass is 193 g/mol. The lowest BCUT2D eigenvalue weighted by Crippen LogP contribution is -2.31. The molecule has 0 fully saturated rings. The Bertz CT molecular complexity index is 93.1. The first-order chi connectivity index (χ1) is 5.81. The molecule has 0 aliphatic heterocycles. The molecule has 0 amide bonds. The summed E-state index contributed by atoms with van der Waals surface area (Å²) in [6.07, 6.45) is 2.10. The highest BCUT2D eigenvalue weighted by atomic mass is 32.2. The van der Waals surface area contributed by atoms with E-state index in [4.69, 9.17) is 9.84 Å². The van der Waals surface area contributed by atoms with Gasteiger partial charge in [-0.15, -0.1) is 0 Å². The smallest absolute Gasteiger partial charge is 0.0698 e. The number of nitrogens with one attached hydrogen (secondary N) is 1. The Morgan fingerprint density at radius 2 is 2.25 bits per heavy atom. The fraction of sp³-hybridized carbons (Fsp3) is 1.00. The summed E-state index contributed by atoms with van der Waals surface area (Å²) in [6, 6.07) is 0.540. The first-order valence-electron chi connectivity index (χ1n) is 4.22. The van der Waals surface area contributed by atoms with Crippen molar-refractivity contribution in [3.63, 3.8) is 0 Å². The molecule has 0 aromatic rings. The maximum absolute atomic E-state index is 8.41. The molecule has 0 aromatic heterocycles. The summed E-state index contributed by atoms with van der Waals surface area (Å²) in [7, 11) is 0. The molecule has 3 nitrogen and oxygen atoms in total. The highest BCUT2D eigenvalue weighted by molar-refractivity contribution is 7.98. The van der Waals surface area contributed by atoms with E-state index in [0.29, 0.717) is 19.3 Å². The van der Waals surface area contributed by atoms with Crippen LogP contribution in [-0.4, -0.2) is 49.5 Å². The van der Waals surface area contributed by atoms with Crippen LogP contribution in [0.4, 0.5) is 0 Å². The van der Waals surface area contributed by atoms with Gasteiger partial charge in [0.1, 0.15) is 0 Å². The second-order valence-corrected chi connectivity index (χ2v) is 3.56. The molecule has 0 aromatic carbocycles. The first-order valence-corrected chi connectivity index (χ1v) is 5.61. The maximum atomic E-state index is 8.41. The molecule has 74 valence electrons. The van der Waals surface area contributed by atoms with Crippen molar-refractivity contribution in [1.82, 2.24) is 5.32 Å². The molecule has 0 aliphatic carbocycles. The molecule has 4 heteroatoms. The molecule has 0 aliphatic rings. The number of hydrogen-bond acceptors (Lipinski definition) is 4. The summed E-state index contributed by atoms with van der Waals surface area (Å²) in [4.78, 5) is 0. The Balaban J connectivity index is 2.97. The lowest BCUT2D eigenvalue weighted by molar-refractivity contribution is 0.0931. The van der Waals surface area contributed by atoms with Gasteiger partial charge in [-0.25, -0.2) is 0 Å². The van der Waals surface area contributed by atoms with E-state index in [1.54, 1.807) is 0 Å². The van der Waals surface area contributed by atoms with Crippen molar-refractivity contribution in [3.8, 4) is 0 Å². The van der Waals surface area contributed by atoms with Crippen LogP contribution in [-0.2, 0) is 4.74 Å². The molecule has 0 saturated heterocycles. The summed E-state index contributed by atoms with van der Waals surface area (Å²) in [5, 5.41) is 11.7. The van der Waals surface area contributed by atoms with E-state index in [2.05, 4.69) is 18.5 Å². The zero-order valence-corrected chi connectivity index (χ0v) is 8.69. The average Bonchev–Trinajstić information content (AvgIpc) is 2.05. The summed E-state index contributed by atoms with van der Waals surface area (Å²) in [5.41, 5.74) is 0. The van der Waals surface area contributed by atoms with Gasteiger partial charge in [0, 0.05) is 18.3 Å². The normalized spacial score (nSPS) is 13.2. The van der Waals surface area contributed by atoms with Crippen LogP contribution in [0.1, 0.15) is 6.92 Å². The largest absolute Gasteiger partial charge is 0.394 e. The highest BCUT2D eigenvalue weighted by Crippen LogP contribution is 1.94. The number of ether oxygens (including phenoxy) is 1. The Morgan fingerprint density at radius 1 is 1.50 bits per heavy atom. The summed E-state index contributed by atoms with van der Waals surface area (Å²) in [5.74, 6) is 1.12. The number of hydrogen-bond donors (Lipinski definition) is 2. The SMILES string of the molecule is CSCC(C)NCCOCCO. The average molecular weight is 193 g/mol. The van der Waals surface area contributed by atoms with Crippen LogP contribution >= 0.6 is 11.8 Å². The quantitative estimate of drug-likeness (QED) is 0.545. The van der Waals surface area contributed by atoms with Crippen LogP contribution in [0.2, 0.25) is 0 Å². The second-order valence-electron chi connectivity index (χ2n) is 2.65. The summed E-state index contributed by atoms with van der Waals surface area (Å²) >= 11 is 1.83. The Hall–Kier alpha value is 0.230.